The molecule has 1 saturated heterocycles. The third-order valence-corrected chi connectivity index (χ3v) is 5.61. The van der Waals surface area contributed by atoms with Gasteiger partial charge in [-0.1, -0.05) is 5.10 Å². The second kappa shape index (κ2) is 5.82. The van der Waals surface area contributed by atoms with Crippen molar-refractivity contribution in [1.29, 1.82) is 0 Å². The van der Waals surface area contributed by atoms with Crippen LogP contribution >= 0.6 is 0 Å². The summed E-state index contributed by atoms with van der Waals surface area (Å²) in [6, 6.07) is 5.85. The van der Waals surface area contributed by atoms with Gasteiger partial charge in [0.2, 0.25) is 11.8 Å². The lowest BCUT2D eigenvalue weighted by molar-refractivity contribution is -0.132. The van der Waals surface area contributed by atoms with Gasteiger partial charge in [0.25, 0.3) is 0 Å². The van der Waals surface area contributed by atoms with Crippen LogP contribution in [-0.2, 0) is 4.79 Å². The SMILES string of the molecule is C[C@@H]1N(C(=O)[C@@H](C)Nc2nnc(-c3ccc(F)cc3)o2)CCC12CC2. The Morgan fingerprint density at radius 3 is 2.68 bits per heavy atom. The maximum atomic E-state index is 13.0. The minimum atomic E-state index is -0.446. The number of likely N-dealkylation sites (tertiary alicyclic amines) is 1. The van der Waals surface area contributed by atoms with Crippen LogP contribution in [0.15, 0.2) is 28.7 Å². The summed E-state index contributed by atoms with van der Waals surface area (Å²) in [5.41, 5.74) is 1.00. The highest BCUT2D eigenvalue weighted by Crippen LogP contribution is 2.56. The van der Waals surface area contributed by atoms with Crippen molar-refractivity contribution >= 4 is 11.9 Å². The first-order valence-electron chi connectivity index (χ1n) is 8.65. The topological polar surface area (TPSA) is 71.3 Å². The van der Waals surface area contributed by atoms with E-state index in [1.54, 1.807) is 19.1 Å². The Morgan fingerprint density at radius 1 is 1.32 bits per heavy atom. The van der Waals surface area contributed by atoms with E-state index in [4.69, 9.17) is 4.42 Å². The second-order valence-corrected chi connectivity index (χ2v) is 7.11. The van der Waals surface area contributed by atoms with Crippen LogP contribution in [0.2, 0.25) is 0 Å². The van der Waals surface area contributed by atoms with Crippen LogP contribution in [0.25, 0.3) is 11.5 Å². The molecule has 2 heterocycles. The number of carbonyl (C=O) groups excluding carboxylic acids is 1. The van der Waals surface area contributed by atoms with Crippen LogP contribution < -0.4 is 5.32 Å². The standard InChI is InChI=1S/C18H21FN4O2/c1-11(16(24)23-10-9-18(7-8-18)12(23)2)20-17-22-21-15(25-17)13-3-5-14(19)6-4-13/h3-6,11-12H,7-10H2,1-2H3,(H,20,22)/t11-,12+/m1/s1. The number of halogens is 1. The van der Waals surface area contributed by atoms with Gasteiger partial charge in [0, 0.05) is 18.2 Å². The molecule has 1 aromatic carbocycles. The molecule has 132 valence electrons. The average molecular weight is 344 g/mol. The lowest BCUT2D eigenvalue weighted by Crippen LogP contribution is -2.44. The van der Waals surface area contributed by atoms with Crippen molar-refractivity contribution in [1.82, 2.24) is 15.1 Å². The highest BCUT2D eigenvalue weighted by atomic mass is 19.1. The van der Waals surface area contributed by atoms with E-state index < -0.39 is 6.04 Å². The van der Waals surface area contributed by atoms with Gasteiger partial charge in [0.05, 0.1) is 0 Å². The van der Waals surface area contributed by atoms with Crippen molar-refractivity contribution in [2.24, 2.45) is 5.41 Å². The summed E-state index contributed by atoms with van der Waals surface area (Å²) in [6.07, 6.45) is 3.55. The quantitative estimate of drug-likeness (QED) is 0.923. The van der Waals surface area contributed by atoms with Crippen LogP contribution in [0.5, 0.6) is 0 Å². The first-order valence-corrected chi connectivity index (χ1v) is 8.65. The molecule has 2 aromatic rings. The minimum Gasteiger partial charge on any atom is -0.403 e. The minimum absolute atomic E-state index is 0.0535. The van der Waals surface area contributed by atoms with E-state index in [-0.39, 0.29) is 23.6 Å². The van der Waals surface area contributed by atoms with Crippen molar-refractivity contribution < 1.29 is 13.6 Å². The van der Waals surface area contributed by atoms with Gasteiger partial charge in [0.15, 0.2) is 0 Å². The van der Waals surface area contributed by atoms with Gasteiger partial charge >= 0.3 is 6.01 Å². The molecular weight excluding hydrogens is 323 g/mol. The maximum absolute atomic E-state index is 13.0. The third kappa shape index (κ3) is 2.88. The highest BCUT2D eigenvalue weighted by molar-refractivity contribution is 5.84. The lowest BCUT2D eigenvalue weighted by atomic mass is 9.99. The zero-order valence-electron chi connectivity index (χ0n) is 14.3. The van der Waals surface area contributed by atoms with Gasteiger partial charge in [-0.2, -0.15) is 0 Å². The molecule has 2 atom stereocenters. The summed E-state index contributed by atoms with van der Waals surface area (Å²) < 4.78 is 18.5. The van der Waals surface area contributed by atoms with Crippen LogP contribution in [-0.4, -0.2) is 39.6 Å². The van der Waals surface area contributed by atoms with Crippen molar-refractivity contribution in [2.45, 2.75) is 45.2 Å². The number of carbonyl (C=O) groups is 1. The van der Waals surface area contributed by atoms with Gasteiger partial charge in [-0.15, -0.1) is 5.10 Å². The van der Waals surface area contributed by atoms with Gasteiger partial charge in [-0.25, -0.2) is 4.39 Å². The molecule has 1 spiro atoms. The number of hydrogen-bond acceptors (Lipinski definition) is 5. The number of amides is 1. The first kappa shape index (κ1) is 16.1. The van der Waals surface area contributed by atoms with Crippen molar-refractivity contribution in [3.63, 3.8) is 0 Å². The Hall–Kier alpha value is -2.44. The molecule has 1 aliphatic carbocycles. The van der Waals surface area contributed by atoms with Gasteiger partial charge in [-0.3, -0.25) is 4.79 Å². The molecule has 0 unspecified atom stereocenters. The fourth-order valence-electron chi connectivity index (χ4n) is 3.69. The van der Waals surface area contributed by atoms with Gasteiger partial charge < -0.3 is 14.6 Å². The first-order chi connectivity index (χ1) is 12.0. The molecule has 2 fully saturated rings. The van der Waals surface area contributed by atoms with Crippen LogP contribution in [0.1, 0.15) is 33.1 Å². The van der Waals surface area contributed by atoms with Crippen molar-refractivity contribution in [3.05, 3.63) is 30.1 Å². The van der Waals surface area contributed by atoms with E-state index in [0.717, 1.165) is 13.0 Å². The largest absolute Gasteiger partial charge is 0.403 e. The van der Waals surface area contributed by atoms with E-state index in [9.17, 15) is 9.18 Å². The Morgan fingerprint density at radius 2 is 2.04 bits per heavy atom. The number of anilines is 1. The molecule has 1 aliphatic heterocycles. The molecule has 1 N–H and O–H groups in total. The predicted octanol–water partition coefficient (Wildman–Crippen LogP) is 3.08. The molecule has 1 amide bonds. The predicted molar refractivity (Wildman–Crippen MR) is 90.2 cm³/mol. The fourth-order valence-corrected chi connectivity index (χ4v) is 3.69. The van der Waals surface area contributed by atoms with E-state index in [2.05, 4.69) is 22.4 Å². The maximum Gasteiger partial charge on any atom is 0.316 e. The van der Waals surface area contributed by atoms with E-state index in [1.165, 1.54) is 25.0 Å². The molecule has 1 aromatic heterocycles. The summed E-state index contributed by atoms with van der Waals surface area (Å²) in [7, 11) is 0. The number of aromatic nitrogens is 2. The number of nitrogens with one attached hydrogen (secondary N) is 1. The molecule has 0 radical (unpaired) electrons. The molecule has 4 rings (SSSR count). The summed E-state index contributed by atoms with van der Waals surface area (Å²) >= 11 is 0. The summed E-state index contributed by atoms with van der Waals surface area (Å²) in [5, 5.41) is 10.9. The van der Waals surface area contributed by atoms with Crippen LogP contribution in [0, 0.1) is 11.2 Å². The van der Waals surface area contributed by atoms with Crippen LogP contribution in [0.3, 0.4) is 0 Å². The molecule has 0 bridgehead atoms. The van der Waals surface area contributed by atoms with Crippen molar-refractivity contribution in [3.8, 4) is 11.5 Å². The van der Waals surface area contributed by atoms with E-state index >= 15 is 0 Å². The summed E-state index contributed by atoms with van der Waals surface area (Å²) in [6.45, 7) is 4.76. The normalized spacial score (nSPS) is 22.2. The second-order valence-electron chi connectivity index (χ2n) is 7.11. The molecule has 7 heteroatoms. The number of hydrogen-bond donors (Lipinski definition) is 1. The Bertz CT molecular complexity index is 785. The van der Waals surface area contributed by atoms with E-state index in [1.807, 2.05) is 4.90 Å². The van der Waals surface area contributed by atoms with Crippen molar-refractivity contribution in [2.75, 3.05) is 11.9 Å². The smallest absolute Gasteiger partial charge is 0.316 e. The monoisotopic (exact) mass is 344 g/mol. The summed E-state index contributed by atoms with van der Waals surface area (Å²) in [4.78, 5) is 14.7. The molecular formula is C18H21FN4O2. The van der Waals surface area contributed by atoms with Crippen LogP contribution in [0.4, 0.5) is 10.4 Å². The highest BCUT2D eigenvalue weighted by Gasteiger charge is 2.54. The number of benzene rings is 1. The Labute approximate surface area is 145 Å². The number of rotatable bonds is 4. The fraction of sp³-hybridized carbons (Fsp3) is 0.500. The molecule has 1 saturated carbocycles. The third-order valence-electron chi connectivity index (χ3n) is 5.61. The molecule has 25 heavy (non-hydrogen) atoms. The molecule has 2 aliphatic rings. The average Bonchev–Trinajstić information content (AvgIpc) is 3.14. The number of nitrogens with zero attached hydrogens (tertiary/aromatic N) is 3. The Kier molecular flexibility index (Phi) is 3.74. The zero-order valence-corrected chi connectivity index (χ0v) is 14.3. The van der Waals surface area contributed by atoms with Gasteiger partial charge in [-0.05, 0) is 62.8 Å². The summed E-state index contributed by atoms with van der Waals surface area (Å²) in [5.74, 6) is 0.0143. The Balaban J connectivity index is 1.42. The molecule has 6 nitrogen and oxygen atoms in total. The van der Waals surface area contributed by atoms with E-state index in [0.29, 0.717) is 17.0 Å². The zero-order chi connectivity index (χ0) is 17.6. The lowest BCUT2D eigenvalue weighted by Gasteiger charge is -2.27. The van der Waals surface area contributed by atoms with Gasteiger partial charge in [0.1, 0.15) is 11.9 Å².